The van der Waals surface area contributed by atoms with Crippen LogP contribution < -0.4 is 10.9 Å². The molecule has 0 bridgehead atoms. The highest BCUT2D eigenvalue weighted by atomic mass is 16.2. The monoisotopic (exact) mass is 454 g/mol. The summed E-state index contributed by atoms with van der Waals surface area (Å²) in [5, 5.41) is 7.51. The summed E-state index contributed by atoms with van der Waals surface area (Å²) in [7, 11) is 0. The van der Waals surface area contributed by atoms with Crippen molar-refractivity contribution < 1.29 is 9.59 Å². The largest absolute Gasteiger partial charge is 0.289 e. The standard InChI is InChI=1S/2C11H9N5O/c17-11(9-2-1-3-12-6-9)16-15-8-10-7-13-4-5-14-10;17-11(10-3-1-2-4-14-10)16-15-8-9-7-12-5-6-13-9/h2*1-8H,(H,16,17). The molecule has 0 aliphatic heterocycles. The van der Waals surface area contributed by atoms with Gasteiger partial charge in [0.25, 0.3) is 11.8 Å². The zero-order chi connectivity index (χ0) is 23.8. The number of amides is 2. The highest BCUT2D eigenvalue weighted by Crippen LogP contribution is 1.95. The quantitative estimate of drug-likeness (QED) is 0.325. The first-order chi connectivity index (χ1) is 16.7. The van der Waals surface area contributed by atoms with Gasteiger partial charge in [0.05, 0.1) is 30.4 Å². The SMILES string of the molecule is O=C(NN=Cc1cnccn1)c1ccccn1.O=C(NN=Cc1cnccn1)c1cccnc1. The Kier molecular flexibility index (Phi) is 9.10. The highest BCUT2D eigenvalue weighted by Gasteiger charge is 2.03. The van der Waals surface area contributed by atoms with E-state index in [2.05, 4.69) is 51.0 Å². The van der Waals surface area contributed by atoms with E-state index in [1.54, 1.807) is 73.7 Å². The molecule has 168 valence electrons. The van der Waals surface area contributed by atoms with Crippen molar-refractivity contribution in [3.63, 3.8) is 0 Å². The number of nitrogens with zero attached hydrogens (tertiary/aromatic N) is 8. The third kappa shape index (κ3) is 8.11. The summed E-state index contributed by atoms with van der Waals surface area (Å²) in [5.74, 6) is -0.691. The van der Waals surface area contributed by atoms with Crippen molar-refractivity contribution >= 4 is 24.2 Å². The second kappa shape index (κ2) is 13.2. The molecule has 12 nitrogen and oxygen atoms in total. The van der Waals surface area contributed by atoms with Crippen molar-refractivity contribution in [1.29, 1.82) is 0 Å². The van der Waals surface area contributed by atoms with Gasteiger partial charge in [-0.05, 0) is 24.3 Å². The van der Waals surface area contributed by atoms with E-state index in [0.717, 1.165) is 0 Å². The number of hydrogen-bond acceptors (Lipinski definition) is 10. The summed E-state index contributed by atoms with van der Waals surface area (Å²) in [6.07, 6.45) is 16.7. The molecule has 4 aromatic rings. The number of pyridine rings is 2. The maximum absolute atomic E-state index is 11.5. The van der Waals surface area contributed by atoms with Crippen molar-refractivity contribution in [2.45, 2.75) is 0 Å². The summed E-state index contributed by atoms with van der Waals surface area (Å²) in [4.78, 5) is 46.4. The first-order valence-electron chi connectivity index (χ1n) is 9.72. The Hall–Kier alpha value is -5.26. The molecule has 4 rings (SSSR count). The molecular formula is C22H18N10O2. The van der Waals surface area contributed by atoms with Crippen LogP contribution in [0.5, 0.6) is 0 Å². The third-order valence-corrected chi connectivity index (χ3v) is 3.71. The van der Waals surface area contributed by atoms with Gasteiger partial charge in [0, 0.05) is 43.4 Å². The lowest BCUT2D eigenvalue weighted by molar-refractivity contribution is 0.0944. The van der Waals surface area contributed by atoms with Gasteiger partial charge in [0.1, 0.15) is 17.1 Å². The van der Waals surface area contributed by atoms with E-state index < -0.39 is 0 Å². The predicted molar refractivity (Wildman–Crippen MR) is 123 cm³/mol. The average Bonchev–Trinajstić information content (AvgIpc) is 2.91. The van der Waals surface area contributed by atoms with Gasteiger partial charge in [-0.1, -0.05) is 6.07 Å². The Bertz CT molecular complexity index is 1120. The number of carbonyl (C=O) groups is 2. The fourth-order valence-corrected chi connectivity index (χ4v) is 2.18. The van der Waals surface area contributed by atoms with Crippen LogP contribution in [0, 0.1) is 0 Å². The maximum Gasteiger partial charge on any atom is 0.289 e. The van der Waals surface area contributed by atoms with Crippen molar-refractivity contribution in [2.75, 3.05) is 0 Å². The average molecular weight is 454 g/mol. The Balaban J connectivity index is 0.000000191. The number of hydrogen-bond donors (Lipinski definition) is 2. The normalized spacial score (nSPS) is 10.4. The minimum absolute atomic E-state index is 0.309. The lowest BCUT2D eigenvalue weighted by Gasteiger charge is -1.97. The zero-order valence-corrected chi connectivity index (χ0v) is 17.6. The number of hydrazone groups is 2. The lowest BCUT2D eigenvalue weighted by atomic mass is 10.3. The molecule has 2 N–H and O–H groups in total. The highest BCUT2D eigenvalue weighted by molar-refractivity contribution is 5.94. The van der Waals surface area contributed by atoms with Crippen LogP contribution in [0.2, 0.25) is 0 Å². The first-order valence-corrected chi connectivity index (χ1v) is 9.72. The van der Waals surface area contributed by atoms with Crippen LogP contribution in [0.15, 0.2) is 96.3 Å². The van der Waals surface area contributed by atoms with E-state index in [-0.39, 0.29) is 11.8 Å². The zero-order valence-electron chi connectivity index (χ0n) is 17.6. The minimum atomic E-state index is -0.370. The number of rotatable bonds is 6. The Morgan fingerprint density at radius 2 is 1.29 bits per heavy atom. The van der Waals surface area contributed by atoms with Crippen molar-refractivity contribution in [1.82, 2.24) is 40.8 Å². The van der Waals surface area contributed by atoms with Gasteiger partial charge in [-0.2, -0.15) is 10.2 Å². The molecule has 2 amide bonds. The summed E-state index contributed by atoms with van der Waals surface area (Å²) < 4.78 is 0. The molecule has 12 heteroatoms. The summed E-state index contributed by atoms with van der Waals surface area (Å²) >= 11 is 0. The van der Waals surface area contributed by atoms with E-state index in [1.165, 1.54) is 24.8 Å². The minimum Gasteiger partial charge on any atom is -0.267 e. The Morgan fingerprint density at radius 1 is 0.647 bits per heavy atom. The molecule has 4 aromatic heterocycles. The van der Waals surface area contributed by atoms with Gasteiger partial charge >= 0.3 is 0 Å². The Labute approximate surface area is 194 Å². The fraction of sp³-hybridized carbons (Fsp3) is 0. The van der Waals surface area contributed by atoms with E-state index in [4.69, 9.17) is 0 Å². The van der Waals surface area contributed by atoms with Crippen LogP contribution >= 0.6 is 0 Å². The van der Waals surface area contributed by atoms with Crippen LogP contribution in [0.1, 0.15) is 32.2 Å². The maximum atomic E-state index is 11.5. The first kappa shape index (κ1) is 23.4. The predicted octanol–water partition coefficient (Wildman–Crippen LogP) is 1.27. The number of nitrogens with one attached hydrogen (secondary N) is 2. The van der Waals surface area contributed by atoms with E-state index >= 15 is 0 Å². The molecule has 0 aliphatic rings. The van der Waals surface area contributed by atoms with Gasteiger partial charge in [0.15, 0.2) is 0 Å². The van der Waals surface area contributed by atoms with Crippen LogP contribution in [-0.2, 0) is 0 Å². The summed E-state index contributed by atoms with van der Waals surface area (Å²) in [6.45, 7) is 0. The lowest BCUT2D eigenvalue weighted by Crippen LogP contribution is -2.18. The van der Waals surface area contributed by atoms with Crippen LogP contribution in [0.4, 0.5) is 0 Å². The number of aromatic nitrogens is 6. The summed E-state index contributed by atoms with van der Waals surface area (Å²) in [5.41, 5.74) is 6.61. The van der Waals surface area contributed by atoms with Crippen LogP contribution in [-0.4, -0.2) is 54.1 Å². The van der Waals surface area contributed by atoms with Crippen molar-refractivity contribution in [2.24, 2.45) is 10.2 Å². The molecule has 0 aliphatic carbocycles. The Morgan fingerprint density at radius 3 is 1.82 bits per heavy atom. The van der Waals surface area contributed by atoms with E-state index in [1.807, 2.05) is 0 Å². The van der Waals surface area contributed by atoms with Gasteiger partial charge in [0.2, 0.25) is 0 Å². The van der Waals surface area contributed by atoms with E-state index in [9.17, 15) is 9.59 Å². The van der Waals surface area contributed by atoms with Gasteiger partial charge in [-0.15, -0.1) is 0 Å². The second-order valence-corrected chi connectivity index (χ2v) is 6.12. The molecule has 0 radical (unpaired) electrons. The topological polar surface area (TPSA) is 160 Å². The van der Waals surface area contributed by atoms with Gasteiger partial charge < -0.3 is 0 Å². The van der Waals surface area contributed by atoms with Gasteiger partial charge in [-0.25, -0.2) is 10.9 Å². The van der Waals surface area contributed by atoms with Crippen LogP contribution in [0.25, 0.3) is 0 Å². The summed E-state index contributed by atoms with van der Waals surface area (Å²) in [6, 6.07) is 8.41. The van der Waals surface area contributed by atoms with Crippen LogP contribution in [0.3, 0.4) is 0 Å². The number of carbonyl (C=O) groups excluding carboxylic acids is 2. The van der Waals surface area contributed by atoms with Crippen molar-refractivity contribution in [3.05, 3.63) is 109 Å². The molecule has 0 spiro atoms. The fourth-order valence-electron chi connectivity index (χ4n) is 2.18. The van der Waals surface area contributed by atoms with Gasteiger partial charge in [-0.3, -0.25) is 39.5 Å². The van der Waals surface area contributed by atoms with Crippen molar-refractivity contribution in [3.8, 4) is 0 Å². The van der Waals surface area contributed by atoms with E-state index in [0.29, 0.717) is 22.6 Å². The molecule has 4 heterocycles. The molecule has 0 atom stereocenters. The molecule has 0 unspecified atom stereocenters. The smallest absolute Gasteiger partial charge is 0.267 e. The molecule has 0 saturated carbocycles. The molecule has 0 fully saturated rings. The second-order valence-electron chi connectivity index (χ2n) is 6.12. The molecule has 34 heavy (non-hydrogen) atoms. The molecule has 0 saturated heterocycles. The molecular weight excluding hydrogens is 436 g/mol. The molecule has 0 aromatic carbocycles. The third-order valence-electron chi connectivity index (χ3n) is 3.71.